The summed E-state index contributed by atoms with van der Waals surface area (Å²) in [5, 5.41) is 12.5. The Labute approximate surface area is 186 Å². The van der Waals surface area contributed by atoms with Gasteiger partial charge in [0, 0.05) is 36.6 Å². The van der Waals surface area contributed by atoms with Gasteiger partial charge in [0.25, 0.3) is 0 Å². The maximum absolute atomic E-state index is 12.2. The number of carbonyl (C=O) groups excluding carboxylic acids is 1. The lowest BCUT2D eigenvalue weighted by Crippen LogP contribution is -2.47. The number of rotatable bonds is 4. The van der Waals surface area contributed by atoms with Crippen LogP contribution in [0.15, 0.2) is 23.6 Å². The Hall–Kier alpha value is -1.87. The highest BCUT2D eigenvalue weighted by Crippen LogP contribution is 2.34. The third-order valence-corrected chi connectivity index (χ3v) is 6.53. The molecular weight excluding hydrogens is 422 g/mol. The van der Waals surface area contributed by atoms with E-state index in [0.717, 1.165) is 55.3 Å². The van der Waals surface area contributed by atoms with E-state index in [0.29, 0.717) is 10.8 Å². The Kier molecular flexibility index (Phi) is 6.77. The summed E-state index contributed by atoms with van der Waals surface area (Å²) in [6.45, 7) is 7.62. The van der Waals surface area contributed by atoms with Crippen LogP contribution in [-0.2, 0) is 4.74 Å². The van der Waals surface area contributed by atoms with Gasteiger partial charge in [0.15, 0.2) is 0 Å². The van der Waals surface area contributed by atoms with Gasteiger partial charge in [-0.25, -0.2) is 9.78 Å². The molecule has 9 heteroatoms. The fourth-order valence-corrected chi connectivity index (χ4v) is 5.10. The predicted molar refractivity (Wildman–Crippen MR) is 123 cm³/mol. The molecule has 2 aliphatic heterocycles. The minimum atomic E-state index is -0.218. The van der Waals surface area contributed by atoms with Crippen LogP contribution in [0.5, 0.6) is 0 Å². The van der Waals surface area contributed by atoms with Gasteiger partial charge in [-0.2, -0.15) is 0 Å². The number of anilines is 2. The summed E-state index contributed by atoms with van der Waals surface area (Å²) in [5.74, 6) is 0.548. The number of urea groups is 1. The van der Waals surface area contributed by atoms with Crippen LogP contribution in [0, 0.1) is 0 Å². The molecule has 3 N–H and O–H groups in total. The standard InChI is InChI=1S/C21H28ClN5O2S/c1-13-10-27(11-14(2)29-13)18-6-5-15(8-17(18)22)20-25-19(12-30-20)26-21(28)24-16-4-3-7-23-9-16/h5-6,8,12-14,16,23H,3-4,7,9-11H2,1-2H3,(H2,24,26,28)/t13?,14?,16-/m0/s1. The fraction of sp³-hybridized carbons (Fsp3) is 0.524. The van der Waals surface area contributed by atoms with Crippen molar-refractivity contribution >= 4 is 40.5 Å². The zero-order chi connectivity index (χ0) is 21.1. The summed E-state index contributed by atoms with van der Waals surface area (Å²) in [5.41, 5.74) is 1.95. The zero-order valence-electron chi connectivity index (χ0n) is 17.3. The Morgan fingerprint density at radius 3 is 2.83 bits per heavy atom. The lowest BCUT2D eigenvalue weighted by Gasteiger charge is -2.37. The molecule has 4 rings (SSSR count). The molecule has 2 unspecified atom stereocenters. The molecule has 30 heavy (non-hydrogen) atoms. The zero-order valence-corrected chi connectivity index (χ0v) is 18.9. The number of hydrogen-bond acceptors (Lipinski definition) is 6. The molecule has 2 saturated heterocycles. The van der Waals surface area contributed by atoms with Crippen molar-refractivity contribution in [1.29, 1.82) is 0 Å². The maximum atomic E-state index is 12.2. The molecule has 3 atom stereocenters. The first-order valence-electron chi connectivity index (χ1n) is 10.4. The largest absolute Gasteiger partial charge is 0.372 e. The summed E-state index contributed by atoms with van der Waals surface area (Å²) in [4.78, 5) is 19.1. The van der Waals surface area contributed by atoms with E-state index in [1.807, 2.05) is 23.6 Å². The third-order valence-electron chi connectivity index (χ3n) is 5.33. The van der Waals surface area contributed by atoms with E-state index in [2.05, 4.69) is 39.7 Å². The highest BCUT2D eigenvalue weighted by molar-refractivity contribution is 7.13. The third kappa shape index (κ3) is 5.24. The first-order valence-corrected chi connectivity index (χ1v) is 11.7. The van der Waals surface area contributed by atoms with E-state index in [9.17, 15) is 4.79 Å². The Morgan fingerprint density at radius 2 is 2.13 bits per heavy atom. The van der Waals surface area contributed by atoms with Crippen molar-refractivity contribution < 1.29 is 9.53 Å². The highest BCUT2D eigenvalue weighted by Gasteiger charge is 2.24. The van der Waals surface area contributed by atoms with Crippen molar-refractivity contribution in [1.82, 2.24) is 15.6 Å². The van der Waals surface area contributed by atoms with Gasteiger partial charge in [-0.3, -0.25) is 5.32 Å². The number of morpholine rings is 1. The van der Waals surface area contributed by atoms with Crippen LogP contribution in [0.4, 0.5) is 16.3 Å². The van der Waals surface area contributed by atoms with Crippen molar-refractivity contribution in [2.45, 2.75) is 44.9 Å². The molecule has 1 aromatic carbocycles. The van der Waals surface area contributed by atoms with Crippen molar-refractivity contribution in [2.75, 3.05) is 36.4 Å². The average molecular weight is 450 g/mol. The number of benzene rings is 1. The lowest BCUT2D eigenvalue weighted by atomic mass is 10.1. The van der Waals surface area contributed by atoms with Crippen molar-refractivity contribution in [3.63, 3.8) is 0 Å². The predicted octanol–water partition coefficient (Wildman–Crippen LogP) is 3.95. The van der Waals surface area contributed by atoms with Gasteiger partial charge in [0.05, 0.1) is 22.9 Å². The van der Waals surface area contributed by atoms with Crippen LogP contribution in [0.2, 0.25) is 5.02 Å². The van der Waals surface area contributed by atoms with Crippen LogP contribution in [-0.4, -0.2) is 55.4 Å². The molecule has 0 radical (unpaired) electrons. The van der Waals surface area contributed by atoms with Crippen LogP contribution >= 0.6 is 22.9 Å². The smallest absolute Gasteiger partial charge is 0.320 e. The molecule has 0 bridgehead atoms. The molecule has 2 amide bonds. The number of hydrogen-bond donors (Lipinski definition) is 3. The van der Waals surface area contributed by atoms with E-state index < -0.39 is 0 Å². The number of carbonyl (C=O) groups is 1. The monoisotopic (exact) mass is 449 g/mol. The first-order chi connectivity index (χ1) is 14.5. The van der Waals surface area contributed by atoms with Gasteiger partial charge < -0.3 is 20.3 Å². The number of piperidine rings is 1. The second-order valence-electron chi connectivity index (χ2n) is 8.01. The van der Waals surface area contributed by atoms with E-state index in [4.69, 9.17) is 16.3 Å². The van der Waals surface area contributed by atoms with Crippen LogP contribution in [0.25, 0.3) is 10.6 Å². The van der Waals surface area contributed by atoms with Gasteiger partial charge in [-0.15, -0.1) is 11.3 Å². The second kappa shape index (κ2) is 9.51. The molecule has 2 aromatic rings. The van der Waals surface area contributed by atoms with Crippen molar-refractivity contribution in [3.8, 4) is 10.6 Å². The molecular formula is C21H28ClN5O2S. The fourth-order valence-electron chi connectivity index (χ4n) is 4.05. The summed E-state index contributed by atoms with van der Waals surface area (Å²) in [6.07, 6.45) is 2.42. The van der Waals surface area contributed by atoms with E-state index in [1.165, 1.54) is 11.3 Å². The minimum Gasteiger partial charge on any atom is -0.372 e. The molecule has 162 valence electrons. The van der Waals surface area contributed by atoms with E-state index >= 15 is 0 Å². The number of amides is 2. The molecule has 0 aliphatic carbocycles. The molecule has 2 aliphatic rings. The first kappa shape index (κ1) is 21.4. The lowest BCUT2D eigenvalue weighted by molar-refractivity contribution is -0.00520. The molecule has 0 saturated carbocycles. The van der Waals surface area contributed by atoms with Crippen LogP contribution < -0.4 is 20.9 Å². The van der Waals surface area contributed by atoms with Gasteiger partial charge in [-0.1, -0.05) is 11.6 Å². The summed E-state index contributed by atoms with van der Waals surface area (Å²) in [6, 6.07) is 5.96. The number of aromatic nitrogens is 1. The summed E-state index contributed by atoms with van der Waals surface area (Å²) < 4.78 is 5.82. The topological polar surface area (TPSA) is 78.5 Å². The number of nitrogens with one attached hydrogen (secondary N) is 3. The van der Waals surface area contributed by atoms with E-state index in [-0.39, 0.29) is 24.3 Å². The SMILES string of the molecule is CC1CN(c2ccc(-c3nc(NC(=O)N[C@H]4CCCNC4)cs3)cc2Cl)CC(C)O1. The van der Waals surface area contributed by atoms with Crippen LogP contribution in [0.1, 0.15) is 26.7 Å². The second-order valence-corrected chi connectivity index (χ2v) is 9.27. The van der Waals surface area contributed by atoms with E-state index in [1.54, 1.807) is 0 Å². The Morgan fingerprint density at radius 1 is 1.33 bits per heavy atom. The molecule has 2 fully saturated rings. The van der Waals surface area contributed by atoms with Crippen LogP contribution in [0.3, 0.4) is 0 Å². The van der Waals surface area contributed by atoms with Gasteiger partial charge in [0.1, 0.15) is 10.8 Å². The number of thiazole rings is 1. The molecule has 1 aromatic heterocycles. The highest BCUT2D eigenvalue weighted by atomic mass is 35.5. The molecule has 0 spiro atoms. The van der Waals surface area contributed by atoms with Gasteiger partial charge >= 0.3 is 6.03 Å². The Bertz CT molecular complexity index is 876. The Balaban J connectivity index is 1.40. The van der Waals surface area contributed by atoms with Gasteiger partial charge in [-0.05, 0) is 51.4 Å². The van der Waals surface area contributed by atoms with Crippen molar-refractivity contribution in [3.05, 3.63) is 28.6 Å². The summed E-state index contributed by atoms with van der Waals surface area (Å²) in [7, 11) is 0. The normalized spacial score (nSPS) is 24.5. The number of ether oxygens (including phenoxy) is 1. The van der Waals surface area contributed by atoms with Gasteiger partial charge in [0.2, 0.25) is 0 Å². The van der Waals surface area contributed by atoms with Crippen molar-refractivity contribution in [2.24, 2.45) is 0 Å². The minimum absolute atomic E-state index is 0.161. The average Bonchev–Trinajstić information content (AvgIpc) is 3.16. The molecule has 7 nitrogen and oxygen atoms in total. The number of nitrogens with zero attached hydrogens (tertiary/aromatic N) is 2. The molecule has 3 heterocycles. The number of halogens is 1. The maximum Gasteiger partial charge on any atom is 0.320 e. The summed E-state index contributed by atoms with van der Waals surface area (Å²) >= 11 is 8.10. The quantitative estimate of drug-likeness (QED) is 0.658.